The van der Waals surface area contributed by atoms with Gasteiger partial charge in [0, 0.05) is 24.0 Å². The molecule has 0 spiro atoms. The number of rotatable bonds is 2. The molecule has 1 heterocycles. The molecule has 0 aromatic heterocycles. The molecule has 1 aliphatic rings. The molecule has 3 heteroatoms. The molecule has 104 valence electrons. The summed E-state index contributed by atoms with van der Waals surface area (Å²) in [5.74, 6) is 0.694. The van der Waals surface area contributed by atoms with Crippen molar-refractivity contribution in [3.8, 4) is 0 Å². The maximum absolute atomic E-state index is 12.8. The highest BCUT2D eigenvalue weighted by atomic mass is 35.5. The van der Waals surface area contributed by atoms with Crippen molar-refractivity contribution in [3.05, 3.63) is 34.9 Å². The molecule has 1 fully saturated rings. The minimum atomic E-state index is 0.156. The Morgan fingerprint density at radius 1 is 1.26 bits per heavy atom. The Hall–Kier alpha value is -1.02. The lowest BCUT2D eigenvalue weighted by atomic mass is 10.0. The van der Waals surface area contributed by atoms with Crippen molar-refractivity contribution >= 4 is 17.5 Å². The summed E-state index contributed by atoms with van der Waals surface area (Å²) in [6.45, 7) is 4.85. The maximum Gasteiger partial charge on any atom is 0.254 e. The van der Waals surface area contributed by atoms with Crippen LogP contribution in [0.2, 0.25) is 0 Å². The van der Waals surface area contributed by atoms with Crippen LogP contribution in [0.1, 0.15) is 47.2 Å². The minimum Gasteiger partial charge on any atom is -0.334 e. The Labute approximate surface area is 120 Å². The molecule has 2 nitrogen and oxygen atoms in total. The van der Waals surface area contributed by atoms with Crippen LogP contribution in [0, 0.1) is 13.8 Å². The van der Waals surface area contributed by atoms with Crippen LogP contribution in [0.5, 0.6) is 0 Å². The van der Waals surface area contributed by atoms with E-state index in [0.717, 1.165) is 36.1 Å². The van der Waals surface area contributed by atoms with Crippen LogP contribution in [0.4, 0.5) is 0 Å². The molecule has 1 unspecified atom stereocenters. The van der Waals surface area contributed by atoms with Crippen LogP contribution in [-0.4, -0.2) is 29.3 Å². The van der Waals surface area contributed by atoms with Gasteiger partial charge in [0.1, 0.15) is 0 Å². The van der Waals surface area contributed by atoms with E-state index in [1.54, 1.807) is 0 Å². The van der Waals surface area contributed by atoms with E-state index in [-0.39, 0.29) is 11.9 Å². The number of alkyl halides is 1. The summed E-state index contributed by atoms with van der Waals surface area (Å²) in [6, 6.07) is 6.21. The maximum atomic E-state index is 12.8. The monoisotopic (exact) mass is 279 g/mol. The second-order valence-electron chi connectivity index (χ2n) is 5.42. The lowest BCUT2D eigenvalue weighted by Crippen LogP contribution is -2.41. The highest BCUT2D eigenvalue weighted by Crippen LogP contribution is 2.23. The van der Waals surface area contributed by atoms with Crippen LogP contribution in [0.25, 0.3) is 0 Å². The number of aryl methyl sites for hydroxylation is 2. The molecule has 0 N–H and O–H groups in total. The third-order valence-corrected chi connectivity index (χ3v) is 4.37. The first-order valence-corrected chi connectivity index (χ1v) is 7.61. The van der Waals surface area contributed by atoms with Crippen LogP contribution in [0.3, 0.4) is 0 Å². The van der Waals surface area contributed by atoms with Gasteiger partial charge in [0.2, 0.25) is 0 Å². The zero-order valence-electron chi connectivity index (χ0n) is 11.8. The van der Waals surface area contributed by atoms with Gasteiger partial charge in [-0.1, -0.05) is 31.0 Å². The van der Waals surface area contributed by atoms with E-state index in [9.17, 15) is 4.79 Å². The third kappa shape index (κ3) is 3.11. The number of halogens is 1. The average molecular weight is 280 g/mol. The molecule has 19 heavy (non-hydrogen) atoms. The SMILES string of the molecule is Cc1cccc(C)c1C(=O)N1CCCCCC1CCl. The molecule has 1 aliphatic heterocycles. The van der Waals surface area contributed by atoms with Crippen molar-refractivity contribution in [1.82, 2.24) is 4.90 Å². The van der Waals surface area contributed by atoms with Gasteiger partial charge < -0.3 is 4.90 Å². The molecule has 1 saturated heterocycles. The van der Waals surface area contributed by atoms with E-state index in [1.165, 1.54) is 12.8 Å². The van der Waals surface area contributed by atoms with E-state index < -0.39 is 0 Å². The van der Waals surface area contributed by atoms with Gasteiger partial charge in [-0.3, -0.25) is 4.79 Å². The molecular formula is C16H22ClNO. The Morgan fingerprint density at radius 3 is 2.58 bits per heavy atom. The van der Waals surface area contributed by atoms with E-state index in [1.807, 2.05) is 36.9 Å². The fourth-order valence-corrected chi connectivity index (χ4v) is 3.22. The first kappa shape index (κ1) is 14.4. The molecule has 0 saturated carbocycles. The summed E-state index contributed by atoms with van der Waals surface area (Å²) in [6.07, 6.45) is 4.49. The molecule has 1 amide bonds. The standard InChI is InChI=1S/C16H22ClNO/c1-12-7-6-8-13(2)15(12)16(19)18-10-5-3-4-9-14(18)11-17/h6-8,14H,3-5,9-11H2,1-2H3. The van der Waals surface area contributed by atoms with Crippen LogP contribution in [-0.2, 0) is 0 Å². The lowest BCUT2D eigenvalue weighted by molar-refractivity contribution is 0.0699. The summed E-state index contributed by atoms with van der Waals surface area (Å²) in [5.41, 5.74) is 2.98. The second kappa shape index (κ2) is 6.42. The summed E-state index contributed by atoms with van der Waals surface area (Å²) in [4.78, 5) is 14.8. The Morgan fingerprint density at radius 2 is 1.95 bits per heavy atom. The predicted molar refractivity (Wildman–Crippen MR) is 79.9 cm³/mol. The van der Waals surface area contributed by atoms with Gasteiger partial charge in [-0.2, -0.15) is 0 Å². The first-order valence-electron chi connectivity index (χ1n) is 7.08. The highest BCUT2D eigenvalue weighted by molar-refractivity contribution is 6.18. The number of hydrogen-bond acceptors (Lipinski definition) is 1. The predicted octanol–water partition coefficient (Wildman–Crippen LogP) is 3.93. The van der Waals surface area contributed by atoms with E-state index in [2.05, 4.69) is 0 Å². The number of carbonyl (C=O) groups excluding carboxylic acids is 1. The normalized spacial score (nSPS) is 20.2. The fraction of sp³-hybridized carbons (Fsp3) is 0.562. The zero-order valence-corrected chi connectivity index (χ0v) is 12.5. The zero-order chi connectivity index (χ0) is 13.8. The molecule has 1 aromatic carbocycles. The molecule has 1 atom stereocenters. The summed E-state index contributed by atoms with van der Waals surface area (Å²) in [7, 11) is 0. The molecule has 0 bridgehead atoms. The number of nitrogens with zero attached hydrogens (tertiary/aromatic N) is 1. The van der Waals surface area contributed by atoms with Gasteiger partial charge in [0.15, 0.2) is 0 Å². The van der Waals surface area contributed by atoms with E-state index in [4.69, 9.17) is 11.6 Å². The van der Waals surface area contributed by atoms with Gasteiger partial charge in [0.05, 0.1) is 0 Å². The smallest absolute Gasteiger partial charge is 0.254 e. The summed E-state index contributed by atoms with van der Waals surface area (Å²) < 4.78 is 0. The average Bonchev–Trinajstić information content (AvgIpc) is 2.63. The molecular weight excluding hydrogens is 258 g/mol. The second-order valence-corrected chi connectivity index (χ2v) is 5.73. The van der Waals surface area contributed by atoms with Gasteiger partial charge in [-0.15, -0.1) is 11.6 Å². The first-order chi connectivity index (χ1) is 9.15. The van der Waals surface area contributed by atoms with Crippen molar-refractivity contribution in [2.45, 2.75) is 45.6 Å². The number of hydrogen-bond donors (Lipinski definition) is 0. The van der Waals surface area contributed by atoms with Crippen molar-refractivity contribution in [2.24, 2.45) is 0 Å². The number of carbonyl (C=O) groups is 1. The summed E-state index contributed by atoms with van der Waals surface area (Å²) >= 11 is 6.06. The Balaban J connectivity index is 2.30. The van der Waals surface area contributed by atoms with Crippen molar-refractivity contribution in [2.75, 3.05) is 12.4 Å². The minimum absolute atomic E-state index is 0.156. The van der Waals surface area contributed by atoms with Crippen LogP contribution < -0.4 is 0 Å². The van der Waals surface area contributed by atoms with Gasteiger partial charge in [-0.05, 0) is 37.8 Å². The van der Waals surface area contributed by atoms with Crippen LogP contribution >= 0.6 is 11.6 Å². The van der Waals surface area contributed by atoms with Gasteiger partial charge in [0.25, 0.3) is 5.91 Å². The fourth-order valence-electron chi connectivity index (χ4n) is 2.90. The quantitative estimate of drug-likeness (QED) is 0.751. The summed E-state index contributed by atoms with van der Waals surface area (Å²) in [5, 5.41) is 0. The van der Waals surface area contributed by atoms with E-state index >= 15 is 0 Å². The largest absolute Gasteiger partial charge is 0.334 e. The Kier molecular flexibility index (Phi) is 4.87. The molecule has 0 aliphatic carbocycles. The third-order valence-electron chi connectivity index (χ3n) is 4.01. The topological polar surface area (TPSA) is 20.3 Å². The van der Waals surface area contributed by atoms with Crippen molar-refractivity contribution < 1.29 is 4.79 Å². The molecule has 1 aromatic rings. The number of amides is 1. The Bertz CT molecular complexity index is 438. The molecule has 2 rings (SSSR count). The molecule has 0 radical (unpaired) electrons. The van der Waals surface area contributed by atoms with Crippen LogP contribution in [0.15, 0.2) is 18.2 Å². The highest BCUT2D eigenvalue weighted by Gasteiger charge is 2.27. The van der Waals surface area contributed by atoms with E-state index in [0.29, 0.717) is 5.88 Å². The van der Waals surface area contributed by atoms with Crippen molar-refractivity contribution in [1.29, 1.82) is 0 Å². The van der Waals surface area contributed by atoms with Gasteiger partial charge >= 0.3 is 0 Å². The van der Waals surface area contributed by atoms with Gasteiger partial charge in [-0.25, -0.2) is 0 Å². The van der Waals surface area contributed by atoms with Crippen molar-refractivity contribution in [3.63, 3.8) is 0 Å². The number of likely N-dealkylation sites (tertiary alicyclic amines) is 1. The lowest BCUT2D eigenvalue weighted by Gasteiger charge is -2.29. The number of benzene rings is 1.